The van der Waals surface area contributed by atoms with Gasteiger partial charge in [0.1, 0.15) is 0 Å². The third-order valence-electron chi connectivity index (χ3n) is 2.76. The highest BCUT2D eigenvalue weighted by Gasteiger charge is 1.95. The van der Waals surface area contributed by atoms with E-state index in [2.05, 4.69) is 6.92 Å². The lowest BCUT2D eigenvalue weighted by Crippen LogP contribution is -1.96. The van der Waals surface area contributed by atoms with Crippen LogP contribution in [0.25, 0.3) is 0 Å². The summed E-state index contributed by atoms with van der Waals surface area (Å²) in [6, 6.07) is 0. The smallest absolute Gasteiger partial charge is 0.238 e. The molecule has 89 valence electrons. The molecule has 0 aromatic rings. The van der Waals surface area contributed by atoms with Crippen molar-refractivity contribution >= 4 is 5.91 Å². The molecule has 0 saturated heterocycles. The minimum Gasteiger partial charge on any atom is -0.273 e. The molecule has 1 amide bonds. The number of nitrogens with one attached hydrogen (secondary N) is 1. The highest BCUT2D eigenvalue weighted by Crippen LogP contribution is 2.10. The third-order valence-corrected chi connectivity index (χ3v) is 2.76. The first-order chi connectivity index (χ1) is 7.27. The van der Waals surface area contributed by atoms with Gasteiger partial charge in [0.25, 0.3) is 0 Å². The molecule has 0 aliphatic heterocycles. The van der Waals surface area contributed by atoms with E-state index in [1.54, 1.807) is 0 Å². The van der Waals surface area contributed by atoms with Crippen molar-refractivity contribution in [2.24, 2.45) is 0 Å². The monoisotopic (exact) mass is 212 g/mol. The third kappa shape index (κ3) is 13.5. The van der Waals surface area contributed by atoms with E-state index in [-0.39, 0.29) is 0 Å². The summed E-state index contributed by atoms with van der Waals surface area (Å²) in [6.07, 6.45) is 13.2. The molecule has 0 heterocycles. The van der Waals surface area contributed by atoms with Crippen molar-refractivity contribution in [2.45, 2.75) is 77.6 Å². The Morgan fingerprint density at radius 1 is 0.800 bits per heavy atom. The van der Waals surface area contributed by atoms with Crippen LogP contribution < -0.4 is 5.73 Å². The van der Waals surface area contributed by atoms with E-state index in [1.807, 2.05) is 0 Å². The van der Waals surface area contributed by atoms with Gasteiger partial charge in [0.2, 0.25) is 5.91 Å². The Kier molecular flexibility index (Phi) is 11.1. The summed E-state index contributed by atoms with van der Waals surface area (Å²) in [4.78, 5) is 10.3. The van der Waals surface area contributed by atoms with Crippen LogP contribution in [-0.4, -0.2) is 5.91 Å². The van der Waals surface area contributed by atoms with Gasteiger partial charge in [0, 0.05) is 6.42 Å². The van der Waals surface area contributed by atoms with Crippen molar-refractivity contribution < 1.29 is 4.79 Å². The fourth-order valence-electron chi connectivity index (χ4n) is 1.77. The second-order valence-corrected chi connectivity index (χ2v) is 4.36. The average Bonchev–Trinajstić information content (AvgIpc) is 2.20. The first-order valence-electron chi connectivity index (χ1n) is 6.51. The van der Waals surface area contributed by atoms with Gasteiger partial charge in [0.15, 0.2) is 0 Å². The number of rotatable bonds is 11. The topological polar surface area (TPSA) is 40.9 Å². The standard InChI is InChI=1S/C13H26NO/c1-2-3-4-5-6-7-8-9-10-11-12-13(14)15/h14H,2-12H2,1H3. The predicted octanol–water partition coefficient (Wildman–Crippen LogP) is 4.11. The summed E-state index contributed by atoms with van der Waals surface area (Å²) in [5.41, 5.74) is 6.75. The molecule has 15 heavy (non-hydrogen) atoms. The fourth-order valence-corrected chi connectivity index (χ4v) is 1.77. The number of hydrogen-bond acceptors (Lipinski definition) is 1. The van der Waals surface area contributed by atoms with Gasteiger partial charge < -0.3 is 0 Å². The molecule has 0 spiro atoms. The maximum absolute atomic E-state index is 10.3. The van der Waals surface area contributed by atoms with Gasteiger partial charge in [0.05, 0.1) is 0 Å². The normalized spacial score (nSPS) is 10.5. The Balaban J connectivity index is 2.89. The molecule has 0 aliphatic rings. The zero-order valence-corrected chi connectivity index (χ0v) is 10.2. The number of unbranched alkanes of at least 4 members (excludes halogenated alkanes) is 9. The number of hydrogen-bond donors (Lipinski definition) is 0. The van der Waals surface area contributed by atoms with Crippen molar-refractivity contribution in [1.29, 1.82) is 0 Å². The molecule has 0 aromatic carbocycles. The average molecular weight is 212 g/mol. The Hall–Kier alpha value is -0.530. The summed E-state index contributed by atoms with van der Waals surface area (Å²) in [7, 11) is 0. The van der Waals surface area contributed by atoms with E-state index in [1.165, 1.54) is 51.4 Å². The largest absolute Gasteiger partial charge is 0.273 e. The molecule has 0 aliphatic carbocycles. The van der Waals surface area contributed by atoms with Crippen molar-refractivity contribution in [3.05, 3.63) is 0 Å². The van der Waals surface area contributed by atoms with Gasteiger partial charge in [-0.15, -0.1) is 0 Å². The van der Waals surface area contributed by atoms with Crippen molar-refractivity contribution in [3.8, 4) is 0 Å². The van der Waals surface area contributed by atoms with E-state index in [0.717, 1.165) is 12.8 Å². The first kappa shape index (κ1) is 14.5. The molecule has 1 N–H and O–H groups in total. The van der Waals surface area contributed by atoms with Crippen LogP contribution in [0.4, 0.5) is 0 Å². The van der Waals surface area contributed by atoms with Crippen molar-refractivity contribution in [1.82, 2.24) is 5.73 Å². The van der Waals surface area contributed by atoms with Gasteiger partial charge in [-0.25, -0.2) is 0 Å². The molecular formula is C13H26NO. The van der Waals surface area contributed by atoms with Crippen LogP contribution in [0.2, 0.25) is 0 Å². The molecule has 0 saturated carbocycles. The summed E-state index contributed by atoms with van der Waals surface area (Å²) in [6.45, 7) is 2.24. The Labute approximate surface area is 94.6 Å². The van der Waals surface area contributed by atoms with E-state index < -0.39 is 5.91 Å². The van der Waals surface area contributed by atoms with E-state index >= 15 is 0 Å². The van der Waals surface area contributed by atoms with E-state index in [4.69, 9.17) is 5.73 Å². The number of carbonyl (C=O) groups is 1. The van der Waals surface area contributed by atoms with E-state index in [0.29, 0.717) is 6.42 Å². The van der Waals surface area contributed by atoms with Crippen molar-refractivity contribution in [3.63, 3.8) is 0 Å². The fraction of sp³-hybridized carbons (Fsp3) is 0.923. The van der Waals surface area contributed by atoms with Crippen LogP contribution in [-0.2, 0) is 4.79 Å². The van der Waals surface area contributed by atoms with Gasteiger partial charge in [-0.2, -0.15) is 0 Å². The molecule has 2 heteroatoms. The minimum atomic E-state index is -0.408. The van der Waals surface area contributed by atoms with Gasteiger partial charge in [-0.1, -0.05) is 64.7 Å². The zero-order valence-electron chi connectivity index (χ0n) is 10.2. The lowest BCUT2D eigenvalue weighted by Gasteiger charge is -2.01. The van der Waals surface area contributed by atoms with Crippen LogP contribution in [0.3, 0.4) is 0 Å². The molecule has 0 aromatic heterocycles. The second-order valence-electron chi connectivity index (χ2n) is 4.36. The van der Waals surface area contributed by atoms with Crippen LogP contribution in [0, 0.1) is 0 Å². The summed E-state index contributed by atoms with van der Waals surface area (Å²) >= 11 is 0. The highest BCUT2D eigenvalue weighted by atomic mass is 16.1. The van der Waals surface area contributed by atoms with Gasteiger partial charge >= 0.3 is 0 Å². The lowest BCUT2D eigenvalue weighted by atomic mass is 10.1. The zero-order chi connectivity index (χ0) is 11.4. The molecule has 2 nitrogen and oxygen atoms in total. The number of amides is 1. The molecule has 0 fully saturated rings. The molecule has 1 radical (unpaired) electrons. The molecule has 0 unspecified atom stereocenters. The Morgan fingerprint density at radius 3 is 1.60 bits per heavy atom. The SMILES string of the molecule is CCCCCCCCCCCCC([NH])=O. The quantitative estimate of drug-likeness (QED) is 0.475. The lowest BCUT2D eigenvalue weighted by molar-refractivity contribution is -0.118. The predicted molar refractivity (Wildman–Crippen MR) is 64.6 cm³/mol. The van der Waals surface area contributed by atoms with E-state index in [9.17, 15) is 4.79 Å². The summed E-state index contributed by atoms with van der Waals surface area (Å²) < 4.78 is 0. The van der Waals surface area contributed by atoms with Crippen LogP contribution in [0.15, 0.2) is 0 Å². The van der Waals surface area contributed by atoms with Crippen LogP contribution >= 0.6 is 0 Å². The Bertz CT molecular complexity index is 145. The van der Waals surface area contributed by atoms with Crippen LogP contribution in [0.1, 0.15) is 77.6 Å². The molecule has 0 bridgehead atoms. The number of carbonyl (C=O) groups excluding carboxylic acids is 1. The molecule has 0 rings (SSSR count). The second kappa shape index (κ2) is 11.5. The minimum absolute atomic E-state index is 0.408. The summed E-state index contributed by atoms with van der Waals surface area (Å²) in [5.74, 6) is -0.408. The Morgan fingerprint density at radius 2 is 1.20 bits per heavy atom. The van der Waals surface area contributed by atoms with Crippen LogP contribution in [0.5, 0.6) is 0 Å². The molecule has 0 atom stereocenters. The van der Waals surface area contributed by atoms with Gasteiger partial charge in [-0.05, 0) is 6.42 Å². The van der Waals surface area contributed by atoms with Gasteiger partial charge in [-0.3, -0.25) is 10.5 Å². The maximum atomic E-state index is 10.3. The molecular weight excluding hydrogens is 186 g/mol. The highest BCUT2D eigenvalue weighted by molar-refractivity contribution is 5.72. The van der Waals surface area contributed by atoms with Crippen molar-refractivity contribution in [2.75, 3.05) is 0 Å². The maximum Gasteiger partial charge on any atom is 0.238 e. The summed E-state index contributed by atoms with van der Waals surface area (Å²) in [5, 5.41) is 0. The first-order valence-corrected chi connectivity index (χ1v) is 6.51.